The van der Waals surface area contributed by atoms with Gasteiger partial charge in [-0.1, -0.05) is 53.5 Å². The lowest BCUT2D eigenvalue weighted by molar-refractivity contribution is 0.194. The maximum Gasteiger partial charge on any atom is 0.317 e. The van der Waals surface area contributed by atoms with Crippen molar-refractivity contribution in [1.29, 1.82) is 0 Å². The van der Waals surface area contributed by atoms with Crippen LogP contribution in [0.25, 0.3) is 0 Å². The number of carbonyl (C=O) groups is 1. The summed E-state index contributed by atoms with van der Waals surface area (Å²) in [5, 5.41) is 4.14. The highest BCUT2D eigenvalue weighted by molar-refractivity contribution is 6.42. The van der Waals surface area contributed by atoms with Crippen molar-refractivity contribution in [3.05, 3.63) is 64.1 Å². The zero-order valence-electron chi connectivity index (χ0n) is 14.6. The number of rotatable bonds is 5. The van der Waals surface area contributed by atoms with Crippen LogP contribution in [0.1, 0.15) is 12.0 Å². The smallest absolute Gasteiger partial charge is 0.317 e. The molecule has 138 valence electrons. The van der Waals surface area contributed by atoms with Crippen LogP contribution in [0.2, 0.25) is 10.0 Å². The molecule has 4 nitrogen and oxygen atoms in total. The second kappa shape index (κ2) is 9.15. The maximum absolute atomic E-state index is 12.3. The van der Waals surface area contributed by atoms with E-state index in [4.69, 9.17) is 23.2 Å². The third kappa shape index (κ3) is 5.05. The zero-order chi connectivity index (χ0) is 18.4. The largest absolute Gasteiger partial charge is 0.368 e. The fourth-order valence-electron chi connectivity index (χ4n) is 3.09. The maximum atomic E-state index is 12.3. The molecule has 2 aromatic carbocycles. The van der Waals surface area contributed by atoms with Crippen molar-refractivity contribution in [2.24, 2.45) is 0 Å². The summed E-state index contributed by atoms with van der Waals surface area (Å²) in [6.45, 7) is 3.67. The fourth-order valence-corrected chi connectivity index (χ4v) is 3.39. The van der Waals surface area contributed by atoms with Crippen LogP contribution in [0.15, 0.2) is 48.5 Å². The number of halogens is 2. The average Bonchev–Trinajstić information content (AvgIpc) is 2.68. The van der Waals surface area contributed by atoms with E-state index in [-0.39, 0.29) is 6.03 Å². The van der Waals surface area contributed by atoms with E-state index >= 15 is 0 Å². The monoisotopic (exact) mass is 391 g/mol. The van der Waals surface area contributed by atoms with Crippen LogP contribution in [0.5, 0.6) is 0 Å². The molecule has 0 aromatic heterocycles. The number of amides is 2. The molecule has 6 heteroatoms. The number of urea groups is 1. The molecule has 3 rings (SSSR count). The number of carbonyl (C=O) groups excluding carboxylic acids is 1. The minimum atomic E-state index is 0.0202. The van der Waals surface area contributed by atoms with Gasteiger partial charge in [-0.05, 0) is 36.6 Å². The fraction of sp³-hybridized carbons (Fsp3) is 0.350. The molecular weight excluding hydrogens is 369 g/mol. The van der Waals surface area contributed by atoms with Gasteiger partial charge in [0.25, 0.3) is 0 Å². The lowest BCUT2D eigenvalue weighted by Gasteiger charge is -2.36. The van der Waals surface area contributed by atoms with E-state index < -0.39 is 0 Å². The summed E-state index contributed by atoms with van der Waals surface area (Å²) in [5.41, 5.74) is 2.35. The van der Waals surface area contributed by atoms with Gasteiger partial charge in [0.05, 0.1) is 10.0 Å². The highest BCUT2D eigenvalue weighted by Crippen LogP contribution is 2.27. The summed E-state index contributed by atoms with van der Waals surface area (Å²) in [6.07, 6.45) is 1.92. The van der Waals surface area contributed by atoms with Crippen LogP contribution in [0, 0.1) is 0 Å². The quantitative estimate of drug-likeness (QED) is 0.763. The molecule has 1 saturated heterocycles. The van der Waals surface area contributed by atoms with Crippen molar-refractivity contribution in [3.8, 4) is 0 Å². The topological polar surface area (TPSA) is 35.6 Å². The van der Waals surface area contributed by atoms with Crippen LogP contribution < -0.4 is 10.2 Å². The summed E-state index contributed by atoms with van der Waals surface area (Å²) in [5.74, 6) is 0. The number of hydrogen-bond donors (Lipinski definition) is 1. The van der Waals surface area contributed by atoms with Crippen LogP contribution in [-0.4, -0.2) is 43.7 Å². The van der Waals surface area contributed by atoms with Gasteiger partial charge in [0.2, 0.25) is 0 Å². The second-order valence-corrected chi connectivity index (χ2v) is 7.21. The number of benzene rings is 2. The number of aryl methyl sites for hydroxylation is 1. The van der Waals surface area contributed by atoms with Gasteiger partial charge in [0, 0.05) is 38.4 Å². The van der Waals surface area contributed by atoms with Crippen molar-refractivity contribution in [2.45, 2.75) is 12.8 Å². The lowest BCUT2D eigenvalue weighted by Crippen LogP contribution is -2.52. The average molecular weight is 392 g/mol. The molecule has 1 aliphatic heterocycles. The third-order valence-corrected chi connectivity index (χ3v) is 5.34. The van der Waals surface area contributed by atoms with Crippen LogP contribution in [0.3, 0.4) is 0 Å². The molecule has 0 atom stereocenters. The second-order valence-electron chi connectivity index (χ2n) is 6.39. The van der Waals surface area contributed by atoms with Crippen LogP contribution >= 0.6 is 23.2 Å². The molecule has 0 radical (unpaired) electrons. The van der Waals surface area contributed by atoms with E-state index in [1.165, 1.54) is 5.56 Å². The summed E-state index contributed by atoms with van der Waals surface area (Å²) < 4.78 is 0. The molecule has 1 N–H and O–H groups in total. The van der Waals surface area contributed by atoms with E-state index in [2.05, 4.69) is 22.3 Å². The first-order valence-corrected chi connectivity index (χ1v) is 9.66. The Bertz CT molecular complexity index is 731. The van der Waals surface area contributed by atoms with Crippen molar-refractivity contribution in [1.82, 2.24) is 10.2 Å². The van der Waals surface area contributed by atoms with Crippen molar-refractivity contribution >= 4 is 34.9 Å². The molecule has 0 aliphatic carbocycles. The van der Waals surface area contributed by atoms with E-state index in [1.54, 1.807) is 0 Å². The SMILES string of the molecule is O=C(NCCCc1ccccc1)N1CCN(c2ccc(Cl)c(Cl)c2)CC1. The Labute approximate surface area is 164 Å². The highest BCUT2D eigenvalue weighted by Gasteiger charge is 2.21. The molecule has 0 saturated carbocycles. The lowest BCUT2D eigenvalue weighted by atomic mass is 10.1. The van der Waals surface area contributed by atoms with Crippen molar-refractivity contribution in [2.75, 3.05) is 37.6 Å². The predicted molar refractivity (Wildman–Crippen MR) is 108 cm³/mol. The van der Waals surface area contributed by atoms with E-state index in [0.717, 1.165) is 31.6 Å². The molecule has 0 unspecified atom stereocenters. The highest BCUT2D eigenvalue weighted by atomic mass is 35.5. The van der Waals surface area contributed by atoms with Gasteiger partial charge in [-0.25, -0.2) is 4.79 Å². The summed E-state index contributed by atoms with van der Waals surface area (Å²) >= 11 is 12.1. The molecule has 0 spiro atoms. The van der Waals surface area contributed by atoms with E-state index in [9.17, 15) is 4.79 Å². The standard InChI is InChI=1S/C20H23Cl2N3O/c21-18-9-8-17(15-19(18)22)24-11-13-25(14-12-24)20(26)23-10-4-7-16-5-2-1-3-6-16/h1-3,5-6,8-9,15H,4,7,10-14H2,(H,23,26). The van der Waals surface area contributed by atoms with Gasteiger partial charge >= 0.3 is 6.03 Å². The number of hydrogen-bond acceptors (Lipinski definition) is 2. The van der Waals surface area contributed by atoms with Gasteiger partial charge in [-0.2, -0.15) is 0 Å². The Hall–Kier alpha value is -1.91. The van der Waals surface area contributed by atoms with Gasteiger partial charge in [0.1, 0.15) is 0 Å². The van der Waals surface area contributed by atoms with Gasteiger partial charge in [-0.3, -0.25) is 0 Å². The summed E-state index contributed by atoms with van der Waals surface area (Å²) in [4.78, 5) is 16.4. The summed E-state index contributed by atoms with van der Waals surface area (Å²) in [6, 6.07) is 16.0. The van der Waals surface area contributed by atoms with Gasteiger partial charge in [0.15, 0.2) is 0 Å². The van der Waals surface area contributed by atoms with Crippen molar-refractivity contribution in [3.63, 3.8) is 0 Å². The molecule has 2 amide bonds. The number of nitrogens with zero attached hydrogens (tertiary/aromatic N) is 2. The Morgan fingerprint density at radius 3 is 2.38 bits per heavy atom. The third-order valence-electron chi connectivity index (χ3n) is 4.60. The van der Waals surface area contributed by atoms with E-state index in [1.807, 2.05) is 41.3 Å². The minimum absolute atomic E-state index is 0.0202. The predicted octanol–water partition coefficient (Wildman–Crippen LogP) is 4.46. The molecule has 0 bridgehead atoms. The zero-order valence-corrected chi connectivity index (χ0v) is 16.1. The van der Waals surface area contributed by atoms with Crippen LogP contribution in [-0.2, 0) is 6.42 Å². The molecule has 1 heterocycles. The normalized spacial score (nSPS) is 14.4. The first-order valence-electron chi connectivity index (χ1n) is 8.90. The van der Waals surface area contributed by atoms with E-state index in [0.29, 0.717) is 29.7 Å². The Kier molecular flexibility index (Phi) is 6.64. The van der Waals surface area contributed by atoms with Crippen LogP contribution in [0.4, 0.5) is 10.5 Å². The number of anilines is 1. The molecule has 1 aliphatic rings. The first kappa shape index (κ1) is 18.9. The number of nitrogens with one attached hydrogen (secondary N) is 1. The van der Waals surface area contributed by atoms with Crippen molar-refractivity contribution < 1.29 is 4.79 Å². The first-order chi connectivity index (χ1) is 12.6. The Balaban J connectivity index is 1.40. The minimum Gasteiger partial charge on any atom is -0.368 e. The Morgan fingerprint density at radius 2 is 1.69 bits per heavy atom. The number of piperazine rings is 1. The Morgan fingerprint density at radius 1 is 0.962 bits per heavy atom. The molecular formula is C20H23Cl2N3O. The summed E-state index contributed by atoms with van der Waals surface area (Å²) in [7, 11) is 0. The molecule has 26 heavy (non-hydrogen) atoms. The molecule has 2 aromatic rings. The van der Waals surface area contributed by atoms with Gasteiger partial charge < -0.3 is 15.1 Å². The molecule has 1 fully saturated rings. The van der Waals surface area contributed by atoms with Gasteiger partial charge in [-0.15, -0.1) is 0 Å².